The maximum Gasteiger partial charge on any atom is 0.229 e. The van der Waals surface area contributed by atoms with E-state index in [0.717, 1.165) is 0 Å². The molecule has 2 aliphatic rings. The molecule has 8 atom stereocenters. The largest absolute Gasteiger partial charge is 0.497 e. The van der Waals surface area contributed by atoms with E-state index in [-0.39, 0.29) is 22.1 Å². The van der Waals surface area contributed by atoms with Gasteiger partial charge in [0.2, 0.25) is 6.29 Å². The molecule has 5 rings (SSSR count). The maximum absolute atomic E-state index is 13.2. The standard InChI is InChI=1S/C27H30O13/c1-35-14-4-2-13(3-5-14)17-10-36-18-8-15(6-7-16(18)20(17)30)38-25-23(22(32)21(31)19(9-28)39-25)40-26-24(33)27(34,11-29)12-37-26/h2-8,10,19,21-26,28-29,31-34H,9,11-12H2,1H3/t19-,21+,22+,23+,24-,25+,26-,27+/m0/s1. The fourth-order valence-corrected chi connectivity index (χ4v) is 4.65. The van der Waals surface area contributed by atoms with Gasteiger partial charge >= 0.3 is 0 Å². The van der Waals surface area contributed by atoms with Gasteiger partial charge in [0.1, 0.15) is 53.4 Å². The van der Waals surface area contributed by atoms with Crippen molar-refractivity contribution in [3.05, 3.63) is 59.0 Å². The molecule has 0 amide bonds. The van der Waals surface area contributed by atoms with Crippen LogP contribution in [0.25, 0.3) is 22.1 Å². The molecule has 3 aromatic rings. The summed E-state index contributed by atoms with van der Waals surface area (Å²) < 4.78 is 33.3. The average molecular weight is 563 g/mol. The molecule has 0 spiro atoms. The molecule has 2 aromatic carbocycles. The van der Waals surface area contributed by atoms with Gasteiger partial charge in [0.15, 0.2) is 17.8 Å². The third-order valence-corrected chi connectivity index (χ3v) is 7.09. The topological polar surface area (TPSA) is 198 Å². The molecular formula is C27H30O13. The van der Waals surface area contributed by atoms with Gasteiger partial charge in [-0.05, 0) is 29.8 Å². The molecule has 1 aromatic heterocycles. The second-order valence-electron chi connectivity index (χ2n) is 9.68. The van der Waals surface area contributed by atoms with Gasteiger partial charge in [0.25, 0.3) is 0 Å². The van der Waals surface area contributed by atoms with Crippen LogP contribution in [0.1, 0.15) is 0 Å². The first-order valence-electron chi connectivity index (χ1n) is 12.5. The first-order chi connectivity index (χ1) is 19.2. The molecule has 2 aliphatic heterocycles. The van der Waals surface area contributed by atoms with Crippen LogP contribution in [0.15, 0.2) is 57.9 Å². The highest BCUT2D eigenvalue weighted by Crippen LogP contribution is 2.33. The number of hydrogen-bond acceptors (Lipinski definition) is 13. The minimum atomic E-state index is -1.99. The van der Waals surface area contributed by atoms with Crippen LogP contribution in [0.5, 0.6) is 11.5 Å². The Morgan fingerprint density at radius 1 is 1.00 bits per heavy atom. The molecule has 2 saturated heterocycles. The minimum Gasteiger partial charge on any atom is -0.497 e. The average Bonchev–Trinajstić information content (AvgIpc) is 3.26. The number of benzene rings is 2. The highest BCUT2D eigenvalue weighted by atomic mass is 16.8. The van der Waals surface area contributed by atoms with Crippen LogP contribution in [-0.2, 0) is 14.2 Å². The van der Waals surface area contributed by atoms with Crippen LogP contribution in [-0.4, -0.2) is 106 Å². The first-order valence-corrected chi connectivity index (χ1v) is 12.5. The monoisotopic (exact) mass is 562 g/mol. The molecule has 2 fully saturated rings. The van der Waals surface area contributed by atoms with Crippen LogP contribution < -0.4 is 14.9 Å². The summed E-state index contributed by atoms with van der Waals surface area (Å²) in [5.41, 5.74) is -1.10. The summed E-state index contributed by atoms with van der Waals surface area (Å²) in [5, 5.41) is 61.0. The Morgan fingerprint density at radius 3 is 2.38 bits per heavy atom. The molecule has 6 N–H and O–H groups in total. The Morgan fingerprint density at radius 2 is 1.73 bits per heavy atom. The number of aliphatic hydroxyl groups excluding tert-OH is 5. The number of methoxy groups -OCH3 is 1. The Labute approximate surface area is 227 Å². The molecular weight excluding hydrogens is 532 g/mol. The van der Waals surface area contributed by atoms with E-state index in [4.69, 9.17) is 28.1 Å². The molecule has 0 unspecified atom stereocenters. The Bertz CT molecular complexity index is 1380. The number of rotatable bonds is 8. The summed E-state index contributed by atoms with van der Waals surface area (Å²) in [5.74, 6) is 0.772. The van der Waals surface area contributed by atoms with Crippen LogP contribution in [0, 0.1) is 0 Å². The zero-order valence-electron chi connectivity index (χ0n) is 21.3. The molecule has 40 heavy (non-hydrogen) atoms. The SMILES string of the molecule is COc1ccc(-c2coc3cc(O[C@@H]4O[C@@H](CO)[C@@H](O)[C@@H](O)[C@H]4O[C@@H]4OC[C@](O)(CO)[C@H]4O)ccc3c2=O)cc1. The highest BCUT2D eigenvalue weighted by Gasteiger charge is 2.53. The Hall–Kier alpha value is -3.11. The third-order valence-electron chi connectivity index (χ3n) is 7.09. The third kappa shape index (κ3) is 5.19. The van der Waals surface area contributed by atoms with E-state index in [1.165, 1.54) is 24.5 Å². The number of aliphatic hydroxyl groups is 6. The molecule has 13 nitrogen and oxygen atoms in total. The van der Waals surface area contributed by atoms with Crippen molar-refractivity contribution >= 4 is 11.0 Å². The minimum absolute atomic E-state index is 0.131. The van der Waals surface area contributed by atoms with E-state index in [9.17, 15) is 35.4 Å². The molecule has 0 bridgehead atoms. The first kappa shape index (κ1) is 28.4. The van der Waals surface area contributed by atoms with Gasteiger partial charge in [-0.25, -0.2) is 0 Å². The van der Waals surface area contributed by atoms with E-state index in [1.807, 2.05) is 0 Å². The summed E-state index contributed by atoms with van der Waals surface area (Å²) in [6.45, 7) is -1.91. The van der Waals surface area contributed by atoms with Gasteiger partial charge in [-0.2, -0.15) is 0 Å². The molecule has 13 heteroatoms. The smallest absolute Gasteiger partial charge is 0.229 e. The Kier molecular flexibility index (Phi) is 8.10. The van der Waals surface area contributed by atoms with Gasteiger partial charge in [0.05, 0.1) is 37.9 Å². The van der Waals surface area contributed by atoms with E-state index in [1.54, 1.807) is 31.4 Å². The van der Waals surface area contributed by atoms with E-state index in [2.05, 4.69) is 0 Å². The van der Waals surface area contributed by atoms with Crippen molar-refractivity contribution in [2.75, 3.05) is 26.9 Å². The Balaban J connectivity index is 1.40. The zero-order chi connectivity index (χ0) is 28.6. The fourth-order valence-electron chi connectivity index (χ4n) is 4.65. The van der Waals surface area contributed by atoms with Crippen LogP contribution >= 0.6 is 0 Å². The van der Waals surface area contributed by atoms with E-state index >= 15 is 0 Å². The maximum atomic E-state index is 13.2. The predicted octanol–water partition coefficient (Wildman–Crippen LogP) is -0.888. The lowest BCUT2D eigenvalue weighted by Crippen LogP contribution is -2.62. The zero-order valence-corrected chi connectivity index (χ0v) is 21.3. The summed E-state index contributed by atoms with van der Waals surface area (Å²) in [7, 11) is 1.54. The van der Waals surface area contributed by atoms with Crippen LogP contribution in [0.3, 0.4) is 0 Å². The molecule has 216 valence electrons. The summed E-state index contributed by atoms with van der Waals surface area (Å²) in [6, 6.07) is 11.3. The molecule has 3 heterocycles. The lowest BCUT2D eigenvalue weighted by Gasteiger charge is -2.42. The van der Waals surface area contributed by atoms with Crippen molar-refractivity contribution in [1.82, 2.24) is 0 Å². The van der Waals surface area contributed by atoms with Crippen LogP contribution in [0.4, 0.5) is 0 Å². The molecule has 0 radical (unpaired) electrons. The second kappa shape index (κ2) is 11.4. The summed E-state index contributed by atoms with van der Waals surface area (Å²) >= 11 is 0. The van der Waals surface area contributed by atoms with Crippen molar-refractivity contribution in [3.63, 3.8) is 0 Å². The fraction of sp³-hybridized carbons (Fsp3) is 0.444. The number of fused-ring (bicyclic) bond motifs is 1. The second-order valence-corrected chi connectivity index (χ2v) is 9.68. The van der Waals surface area contributed by atoms with E-state index in [0.29, 0.717) is 16.9 Å². The predicted molar refractivity (Wildman–Crippen MR) is 136 cm³/mol. The quantitative estimate of drug-likeness (QED) is 0.198. The van der Waals surface area contributed by atoms with Gasteiger partial charge in [-0.15, -0.1) is 0 Å². The highest BCUT2D eigenvalue weighted by molar-refractivity contribution is 5.82. The van der Waals surface area contributed by atoms with Crippen molar-refractivity contribution in [2.45, 2.75) is 48.7 Å². The van der Waals surface area contributed by atoms with E-state index < -0.39 is 68.5 Å². The van der Waals surface area contributed by atoms with Gasteiger partial charge < -0.3 is 58.7 Å². The van der Waals surface area contributed by atoms with Crippen molar-refractivity contribution in [1.29, 1.82) is 0 Å². The van der Waals surface area contributed by atoms with Gasteiger partial charge in [-0.3, -0.25) is 4.79 Å². The molecule has 0 saturated carbocycles. The lowest BCUT2D eigenvalue weighted by molar-refractivity contribution is -0.318. The summed E-state index contributed by atoms with van der Waals surface area (Å²) in [4.78, 5) is 13.2. The van der Waals surface area contributed by atoms with Gasteiger partial charge in [-0.1, -0.05) is 12.1 Å². The molecule has 0 aliphatic carbocycles. The number of hydrogen-bond donors (Lipinski definition) is 6. The van der Waals surface area contributed by atoms with Gasteiger partial charge in [0, 0.05) is 6.07 Å². The van der Waals surface area contributed by atoms with Crippen molar-refractivity contribution < 1.29 is 58.7 Å². The number of ether oxygens (including phenoxy) is 5. The normalized spacial score (nSPS) is 32.3. The lowest BCUT2D eigenvalue weighted by atomic mass is 9.98. The van der Waals surface area contributed by atoms with Crippen LogP contribution in [0.2, 0.25) is 0 Å². The van der Waals surface area contributed by atoms with Crippen molar-refractivity contribution in [3.8, 4) is 22.6 Å². The summed E-state index contributed by atoms with van der Waals surface area (Å²) in [6.07, 6.45) is -9.29. The van der Waals surface area contributed by atoms with Crippen molar-refractivity contribution in [2.24, 2.45) is 0 Å².